The molecule has 1 aliphatic carbocycles. The summed E-state index contributed by atoms with van der Waals surface area (Å²) < 4.78 is 0.927. The number of amides is 2. The highest BCUT2D eigenvalue weighted by Gasteiger charge is 2.25. The molecule has 0 bridgehead atoms. The molecule has 1 fully saturated rings. The van der Waals surface area contributed by atoms with E-state index in [4.69, 9.17) is 0 Å². The Morgan fingerprint density at radius 1 is 1.10 bits per heavy atom. The van der Waals surface area contributed by atoms with E-state index in [1.165, 1.54) is 6.42 Å². The summed E-state index contributed by atoms with van der Waals surface area (Å²) in [6.45, 7) is 2.12. The molecular weight excluding hydrogens is 320 g/mol. The van der Waals surface area contributed by atoms with Crippen LogP contribution in [-0.4, -0.2) is 17.9 Å². The van der Waals surface area contributed by atoms with Gasteiger partial charge in [0.05, 0.1) is 0 Å². The monoisotopic (exact) mass is 338 g/mol. The van der Waals surface area contributed by atoms with Gasteiger partial charge in [0.25, 0.3) is 0 Å². The van der Waals surface area contributed by atoms with Crippen molar-refractivity contribution in [3.8, 4) is 0 Å². The van der Waals surface area contributed by atoms with Crippen LogP contribution in [0.25, 0.3) is 0 Å². The van der Waals surface area contributed by atoms with Crippen molar-refractivity contribution >= 4 is 33.4 Å². The first kappa shape index (κ1) is 15.0. The van der Waals surface area contributed by atoms with E-state index in [-0.39, 0.29) is 6.04 Å². The molecule has 2 amide bonds. The second-order valence-corrected chi connectivity index (χ2v) is 6.22. The number of hydrogen-bond donors (Lipinski definition) is 2. The van der Waals surface area contributed by atoms with Crippen molar-refractivity contribution in [3.05, 3.63) is 28.7 Å². The zero-order chi connectivity index (χ0) is 14.5. The maximum atomic E-state index is 11.9. The average molecular weight is 339 g/mol. The van der Waals surface area contributed by atoms with Crippen LogP contribution >= 0.6 is 15.9 Å². The van der Waals surface area contributed by atoms with Crippen LogP contribution in [0.4, 0.5) is 5.69 Å². The van der Waals surface area contributed by atoms with Crippen molar-refractivity contribution in [2.45, 2.75) is 38.6 Å². The molecule has 20 heavy (non-hydrogen) atoms. The molecule has 0 unspecified atom stereocenters. The largest absolute Gasteiger partial charge is 0.345 e. The summed E-state index contributed by atoms with van der Waals surface area (Å²) in [5.41, 5.74) is 0.616. The Morgan fingerprint density at radius 2 is 1.75 bits per heavy atom. The maximum Gasteiger partial charge on any atom is 0.313 e. The van der Waals surface area contributed by atoms with Crippen LogP contribution in [0.3, 0.4) is 0 Å². The quantitative estimate of drug-likeness (QED) is 0.814. The van der Waals surface area contributed by atoms with Gasteiger partial charge in [-0.25, -0.2) is 0 Å². The lowest BCUT2D eigenvalue weighted by Gasteiger charge is -2.29. The molecule has 1 saturated carbocycles. The molecule has 2 rings (SSSR count). The molecule has 2 N–H and O–H groups in total. The number of hydrogen-bond acceptors (Lipinski definition) is 2. The van der Waals surface area contributed by atoms with Crippen molar-refractivity contribution in [2.75, 3.05) is 5.32 Å². The van der Waals surface area contributed by atoms with Crippen LogP contribution in [0.1, 0.15) is 32.6 Å². The van der Waals surface area contributed by atoms with Gasteiger partial charge < -0.3 is 10.6 Å². The van der Waals surface area contributed by atoms with E-state index in [1.54, 1.807) is 12.1 Å². The fraction of sp³-hybridized carbons (Fsp3) is 0.467. The molecule has 108 valence electrons. The Balaban J connectivity index is 1.88. The number of benzene rings is 1. The normalized spacial score (nSPS) is 22.1. The fourth-order valence-electron chi connectivity index (χ4n) is 2.49. The minimum atomic E-state index is -0.606. The van der Waals surface area contributed by atoms with Gasteiger partial charge in [-0.3, -0.25) is 9.59 Å². The lowest BCUT2D eigenvalue weighted by molar-refractivity contribution is -0.137. The summed E-state index contributed by atoms with van der Waals surface area (Å²) in [5.74, 6) is -0.718. The fourth-order valence-corrected chi connectivity index (χ4v) is 2.75. The lowest BCUT2D eigenvalue weighted by Crippen LogP contribution is -2.45. The molecule has 2 atom stereocenters. The number of rotatable bonds is 2. The molecule has 4 nitrogen and oxygen atoms in total. The first-order valence-electron chi connectivity index (χ1n) is 6.93. The van der Waals surface area contributed by atoms with Crippen LogP contribution in [-0.2, 0) is 9.59 Å². The Bertz CT molecular complexity index is 487. The number of anilines is 1. The van der Waals surface area contributed by atoms with Gasteiger partial charge >= 0.3 is 11.8 Å². The predicted octanol–water partition coefficient (Wildman–Crippen LogP) is 3.08. The zero-order valence-corrected chi connectivity index (χ0v) is 13.1. The summed E-state index contributed by atoms with van der Waals surface area (Å²) in [4.78, 5) is 23.7. The minimum absolute atomic E-state index is 0.118. The second kappa shape index (κ2) is 6.88. The topological polar surface area (TPSA) is 58.2 Å². The third-order valence-electron chi connectivity index (χ3n) is 3.74. The second-order valence-electron chi connectivity index (χ2n) is 5.30. The van der Waals surface area contributed by atoms with Crippen LogP contribution in [0.15, 0.2) is 28.7 Å². The van der Waals surface area contributed by atoms with E-state index in [0.717, 1.165) is 23.7 Å². The van der Waals surface area contributed by atoms with Gasteiger partial charge in [-0.05, 0) is 43.0 Å². The van der Waals surface area contributed by atoms with Crippen molar-refractivity contribution in [2.24, 2.45) is 5.92 Å². The molecule has 0 saturated heterocycles. The third-order valence-corrected chi connectivity index (χ3v) is 4.26. The summed E-state index contributed by atoms with van der Waals surface area (Å²) in [7, 11) is 0. The van der Waals surface area contributed by atoms with Crippen molar-refractivity contribution < 1.29 is 9.59 Å². The van der Waals surface area contributed by atoms with Crippen LogP contribution in [0.2, 0.25) is 0 Å². The number of halogens is 1. The number of nitrogens with one attached hydrogen (secondary N) is 2. The zero-order valence-electron chi connectivity index (χ0n) is 11.5. The molecule has 1 aromatic carbocycles. The van der Waals surface area contributed by atoms with Gasteiger partial charge in [-0.15, -0.1) is 0 Å². The third kappa shape index (κ3) is 4.07. The van der Waals surface area contributed by atoms with E-state index in [1.807, 2.05) is 12.1 Å². The summed E-state index contributed by atoms with van der Waals surface area (Å²) in [6, 6.07) is 7.25. The first-order valence-corrected chi connectivity index (χ1v) is 7.73. The standard InChI is InChI=1S/C15H19BrN2O2/c1-10-4-2-3-5-13(10)18-15(20)14(19)17-12-8-6-11(16)7-9-12/h6-10,13H,2-5H2,1H3,(H,17,19)(H,18,20)/t10-,13-/m1/s1. The molecule has 0 radical (unpaired) electrons. The van der Waals surface area contributed by atoms with Gasteiger partial charge in [-0.2, -0.15) is 0 Å². The van der Waals surface area contributed by atoms with E-state index in [0.29, 0.717) is 11.6 Å². The smallest absolute Gasteiger partial charge is 0.313 e. The van der Waals surface area contributed by atoms with Gasteiger partial charge in [0, 0.05) is 16.2 Å². The van der Waals surface area contributed by atoms with Gasteiger partial charge in [0.15, 0.2) is 0 Å². The molecular formula is C15H19BrN2O2. The maximum absolute atomic E-state index is 11.9. The summed E-state index contributed by atoms with van der Waals surface area (Å²) >= 11 is 3.32. The SMILES string of the molecule is C[C@@H]1CCCC[C@H]1NC(=O)C(=O)Nc1ccc(Br)cc1. The van der Waals surface area contributed by atoms with Crippen molar-refractivity contribution in [1.82, 2.24) is 5.32 Å². The highest BCUT2D eigenvalue weighted by atomic mass is 79.9. The molecule has 0 aliphatic heterocycles. The highest BCUT2D eigenvalue weighted by molar-refractivity contribution is 9.10. The highest BCUT2D eigenvalue weighted by Crippen LogP contribution is 2.23. The van der Waals surface area contributed by atoms with E-state index in [9.17, 15) is 9.59 Å². The Morgan fingerprint density at radius 3 is 2.40 bits per heavy atom. The molecule has 0 heterocycles. The Hall–Kier alpha value is -1.36. The number of carbonyl (C=O) groups is 2. The molecule has 0 aromatic heterocycles. The minimum Gasteiger partial charge on any atom is -0.345 e. The van der Waals surface area contributed by atoms with Crippen LogP contribution < -0.4 is 10.6 Å². The van der Waals surface area contributed by atoms with Gasteiger partial charge in [0.2, 0.25) is 0 Å². The van der Waals surface area contributed by atoms with Crippen LogP contribution in [0.5, 0.6) is 0 Å². The van der Waals surface area contributed by atoms with E-state index < -0.39 is 11.8 Å². The van der Waals surface area contributed by atoms with Gasteiger partial charge in [-0.1, -0.05) is 35.7 Å². The average Bonchev–Trinajstić information content (AvgIpc) is 2.44. The Kier molecular flexibility index (Phi) is 5.17. The van der Waals surface area contributed by atoms with Crippen molar-refractivity contribution in [3.63, 3.8) is 0 Å². The predicted molar refractivity (Wildman–Crippen MR) is 82.3 cm³/mol. The molecule has 5 heteroatoms. The lowest BCUT2D eigenvalue weighted by atomic mass is 9.86. The van der Waals surface area contributed by atoms with E-state index >= 15 is 0 Å². The summed E-state index contributed by atoms with van der Waals surface area (Å²) in [5, 5.41) is 5.44. The molecule has 1 aromatic rings. The van der Waals surface area contributed by atoms with E-state index in [2.05, 4.69) is 33.5 Å². The van der Waals surface area contributed by atoms with Crippen LogP contribution in [0, 0.1) is 5.92 Å². The molecule has 0 spiro atoms. The molecule has 1 aliphatic rings. The summed E-state index contributed by atoms with van der Waals surface area (Å²) in [6.07, 6.45) is 4.39. The number of carbonyl (C=O) groups excluding carboxylic acids is 2. The first-order chi connectivity index (χ1) is 9.56. The van der Waals surface area contributed by atoms with Crippen molar-refractivity contribution in [1.29, 1.82) is 0 Å². The van der Waals surface area contributed by atoms with Gasteiger partial charge in [0.1, 0.15) is 0 Å². The Labute approximate surface area is 127 Å².